The average Bonchev–Trinajstić information content (AvgIpc) is 4.40. The van der Waals surface area contributed by atoms with Crippen molar-refractivity contribution in [1.29, 1.82) is 0 Å². The summed E-state index contributed by atoms with van der Waals surface area (Å²) in [5, 5.41) is 20.9. The van der Waals surface area contributed by atoms with Gasteiger partial charge in [0, 0.05) is 74.3 Å². The molecule has 0 radical (unpaired) electrons. The summed E-state index contributed by atoms with van der Waals surface area (Å²) >= 11 is 0. The highest BCUT2D eigenvalue weighted by Gasteiger charge is 2.26. The first-order chi connectivity index (χ1) is 41.5. The van der Waals surface area contributed by atoms with Gasteiger partial charge in [-0.3, -0.25) is 28.8 Å². The van der Waals surface area contributed by atoms with E-state index in [1.165, 1.54) is 0 Å². The van der Waals surface area contributed by atoms with Crippen LogP contribution in [0.25, 0.3) is 32.7 Å². The van der Waals surface area contributed by atoms with E-state index in [1.807, 2.05) is 164 Å². The molecule has 3 heterocycles. The minimum atomic E-state index is -0.805. The molecule has 0 bridgehead atoms. The number of anilines is 3. The van der Waals surface area contributed by atoms with Crippen LogP contribution in [0.5, 0.6) is 0 Å². The Morgan fingerprint density at radius 3 is 0.894 bits per heavy atom. The van der Waals surface area contributed by atoms with E-state index in [4.69, 9.17) is 17.2 Å². The first-order valence-corrected chi connectivity index (χ1v) is 29.3. The van der Waals surface area contributed by atoms with Crippen LogP contribution < -0.4 is 49.1 Å². The van der Waals surface area contributed by atoms with E-state index >= 15 is 0 Å². The number of amides is 6. The van der Waals surface area contributed by atoms with Crippen molar-refractivity contribution >= 4 is 85.2 Å². The van der Waals surface area contributed by atoms with Gasteiger partial charge in [-0.2, -0.15) is 0 Å². The van der Waals surface area contributed by atoms with Crippen molar-refractivity contribution in [2.24, 2.45) is 17.2 Å². The maximum atomic E-state index is 14.0. The Bertz CT molecular complexity index is 3320. The topological polar surface area (TPSA) is 300 Å². The van der Waals surface area contributed by atoms with Crippen LogP contribution in [0.1, 0.15) is 97.1 Å². The van der Waals surface area contributed by atoms with E-state index < -0.39 is 18.1 Å². The maximum absolute atomic E-state index is 14.0. The van der Waals surface area contributed by atoms with Gasteiger partial charge in [-0.25, -0.2) is 0 Å². The number of nitrogens with two attached hydrogens (primary N) is 3. The minimum Gasteiger partial charge on any atom is -0.361 e. The van der Waals surface area contributed by atoms with Gasteiger partial charge in [-0.1, -0.05) is 91.0 Å². The summed E-state index contributed by atoms with van der Waals surface area (Å²) < 4.78 is 0. The van der Waals surface area contributed by atoms with E-state index in [2.05, 4.69) is 46.9 Å². The second-order valence-electron chi connectivity index (χ2n) is 21.6. The fourth-order valence-corrected chi connectivity index (χ4v) is 10.9. The first-order valence-electron chi connectivity index (χ1n) is 29.3. The van der Waals surface area contributed by atoms with Crippen molar-refractivity contribution < 1.29 is 28.8 Å². The third kappa shape index (κ3) is 16.3. The lowest BCUT2D eigenvalue weighted by atomic mass is 9.85. The minimum absolute atomic E-state index is 0.101. The second-order valence-corrected chi connectivity index (χ2v) is 21.6. The predicted molar refractivity (Wildman–Crippen MR) is 337 cm³/mol. The smallest absolute Gasteiger partial charge is 0.246 e. The van der Waals surface area contributed by atoms with Gasteiger partial charge in [-0.05, 0) is 165 Å². The Morgan fingerprint density at radius 2 is 0.624 bits per heavy atom. The summed E-state index contributed by atoms with van der Waals surface area (Å²) in [5.41, 5.74) is 26.9. The number of H-pyrrole nitrogens is 3. The molecule has 3 atom stereocenters. The molecule has 6 amide bonds. The highest BCUT2D eigenvalue weighted by molar-refractivity contribution is 6.00. The van der Waals surface area contributed by atoms with Crippen molar-refractivity contribution in [2.75, 3.05) is 35.6 Å². The van der Waals surface area contributed by atoms with Crippen LogP contribution in [0.4, 0.5) is 17.1 Å². The normalized spacial score (nSPS) is 12.4. The van der Waals surface area contributed by atoms with Gasteiger partial charge >= 0.3 is 0 Å². The fraction of sp³-hybridized carbons (Fsp3) is 0.284. The van der Waals surface area contributed by atoms with Crippen molar-refractivity contribution in [2.45, 2.75) is 101 Å². The summed E-state index contributed by atoms with van der Waals surface area (Å²) in [4.78, 5) is 92.0. The van der Waals surface area contributed by atoms with E-state index in [0.29, 0.717) is 94.5 Å². The molecule has 9 aromatic rings. The number of hydrogen-bond acceptors (Lipinski definition) is 9. The molecule has 0 saturated heterocycles. The molecule has 0 aliphatic carbocycles. The Morgan fingerprint density at radius 1 is 0.353 bits per heavy atom. The zero-order valence-electron chi connectivity index (χ0n) is 47.7. The zero-order valence-corrected chi connectivity index (χ0v) is 47.7. The number of rotatable bonds is 30. The lowest BCUT2D eigenvalue weighted by Gasteiger charge is -2.22. The molecule has 0 spiro atoms. The highest BCUT2D eigenvalue weighted by atomic mass is 16.2. The molecule has 18 nitrogen and oxygen atoms in total. The molecule has 0 fully saturated rings. The summed E-state index contributed by atoms with van der Waals surface area (Å²) in [6.45, 7) is 1.38. The lowest BCUT2D eigenvalue weighted by Crippen LogP contribution is -2.44. The number of nitrogens with one attached hydrogen (secondary N) is 9. The van der Waals surface area contributed by atoms with Crippen molar-refractivity contribution in [1.82, 2.24) is 30.9 Å². The molecule has 0 aliphatic heterocycles. The van der Waals surface area contributed by atoms with Crippen molar-refractivity contribution in [3.8, 4) is 0 Å². The molecule has 0 aliphatic rings. The number of carbonyl (C=O) groups is 6. The van der Waals surface area contributed by atoms with Crippen LogP contribution in [0.3, 0.4) is 0 Å². The number of aromatic amines is 3. The Hall–Kier alpha value is -9.36. The number of para-hydroxylation sites is 3. The van der Waals surface area contributed by atoms with Gasteiger partial charge < -0.3 is 64.1 Å². The molecule has 15 N–H and O–H groups in total. The molecule has 6 aromatic carbocycles. The molecule has 0 unspecified atom stereocenters. The van der Waals surface area contributed by atoms with Crippen LogP contribution in [-0.2, 0) is 48.0 Å². The van der Waals surface area contributed by atoms with Crippen LogP contribution in [0.15, 0.2) is 164 Å². The number of aromatic nitrogens is 3. The second kappa shape index (κ2) is 29.8. The summed E-state index contributed by atoms with van der Waals surface area (Å²) in [6.07, 6.45) is 11.0. The molecule has 3 aromatic heterocycles. The maximum Gasteiger partial charge on any atom is 0.246 e. The van der Waals surface area contributed by atoms with Crippen molar-refractivity contribution in [3.05, 3.63) is 198 Å². The van der Waals surface area contributed by atoms with Gasteiger partial charge in [-0.15, -0.1) is 0 Å². The molecule has 9 rings (SSSR count). The first kappa shape index (κ1) is 60.2. The van der Waals surface area contributed by atoms with E-state index in [0.717, 1.165) is 66.1 Å². The number of fused-ring (bicyclic) bond motifs is 3. The summed E-state index contributed by atoms with van der Waals surface area (Å²) in [6, 6.07) is 43.4. The van der Waals surface area contributed by atoms with Crippen LogP contribution in [0.2, 0.25) is 0 Å². The van der Waals surface area contributed by atoms with Crippen LogP contribution in [0, 0.1) is 0 Å². The highest BCUT2D eigenvalue weighted by Crippen LogP contribution is 2.34. The van der Waals surface area contributed by atoms with Crippen LogP contribution in [-0.4, -0.2) is 88.2 Å². The molecule has 440 valence electrons. The third-order valence-corrected chi connectivity index (χ3v) is 15.4. The van der Waals surface area contributed by atoms with Gasteiger partial charge in [0.2, 0.25) is 35.4 Å². The number of carbonyl (C=O) groups excluding carboxylic acids is 6. The number of hydrogen-bond donors (Lipinski definition) is 12. The van der Waals surface area contributed by atoms with Crippen molar-refractivity contribution in [3.63, 3.8) is 0 Å². The summed E-state index contributed by atoms with van der Waals surface area (Å²) in [5.74, 6) is -2.26. The van der Waals surface area contributed by atoms with E-state index in [9.17, 15) is 28.8 Å². The zero-order chi connectivity index (χ0) is 59.5. The van der Waals surface area contributed by atoms with Gasteiger partial charge in [0.05, 0.1) is 19.3 Å². The lowest BCUT2D eigenvalue weighted by molar-refractivity contribution is -0.126. The molecular weight excluding hydrogens is 1070 g/mol. The molecule has 0 saturated carbocycles. The summed E-state index contributed by atoms with van der Waals surface area (Å²) in [7, 11) is 0. The standard InChI is InChI=1S/C67H76N12O6/c68-34-10-7-19-58(77-61(80)37-46-40-71-55-16-4-1-13-52(46)55)65(83)74-49-28-22-43(23-29-49)64(44-24-30-50(31-25-44)75-66(84)59(20-8-11-35-69)78-62(81)38-47-41-72-56-17-5-2-14-53(47)56)45-26-32-51(33-27-45)76-67(85)60(21-9-12-36-70)79-63(82)39-48-42-73-57-18-6-3-15-54(48)57/h1-6,13-18,22-33,40-42,58-60,64,71-73H,7-12,19-21,34-39,68-70H2,(H,74,83)(H,75,84)(H,76,85)(H,77,80)(H,78,81)(H,79,82)/t58-,59-,60+/m1/s1. The largest absolute Gasteiger partial charge is 0.361 e. The number of unbranched alkanes of at least 4 members (excludes halogenated alkanes) is 3. The fourth-order valence-electron chi connectivity index (χ4n) is 10.9. The Kier molecular flexibility index (Phi) is 21.1. The van der Waals surface area contributed by atoms with E-state index in [1.54, 1.807) is 0 Å². The molecular formula is C67H76N12O6. The third-order valence-electron chi connectivity index (χ3n) is 15.4. The SMILES string of the molecule is NCCCC[C@H](NC(=O)Cc1c[nH]c2ccccc12)C(=O)Nc1ccc(C(c2ccc(NC(=O)[C@@H](CCCCN)NC(=O)Cc3c[nH]c4ccccc34)cc2)c2ccc(NC(=O)[C@@H](CCCCN)NC(=O)Cc3c[nH]c4ccccc34)cc2)cc1. The van der Waals surface area contributed by atoms with Gasteiger partial charge in [0.25, 0.3) is 0 Å². The number of benzene rings is 6. The Labute approximate surface area is 494 Å². The molecule has 85 heavy (non-hydrogen) atoms. The van der Waals surface area contributed by atoms with Gasteiger partial charge in [0.1, 0.15) is 18.1 Å². The quantitative estimate of drug-likeness (QED) is 0.0151. The average molecular weight is 1150 g/mol. The van der Waals surface area contributed by atoms with Crippen LogP contribution >= 0.6 is 0 Å². The monoisotopic (exact) mass is 1140 g/mol. The molecule has 18 heteroatoms. The Balaban J connectivity index is 0.925. The van der Waals surface area contributed by atoms with E-state index in [-0.39, 0.29) is 60.6 Å². The predicted octanol–water partition coefficient (Wildman–Crippen LogP) is 8.70. The van der Waals surface area contributed by atoms with Gasteiger partial charge in [0.15, 0.2) is 0 Å².